The quantitative estimate of drug-likeness (QED) is 0.573. The fourth-order valence-electron chi connectivity index (χ4n) is 4.08. The number of nitrogens with one attached hydrogen (secondary N) is 2. The molecule has 0 radical (unpaired) electrons. The Bertz CT molecular complexity index is 1140. The van der Waals surface area contributed by atoms with Crippen LogP contribution in [0.1, 0.15) is 26.7 Å². The second-order valence-corrected chi connectivity index (χ2v) is 8.52. The molecule has 9 nitrogen and oxygen atoms in total. The Morgan fingerprint density at radius 1 is 1.32 bits per heavy atom. The lowest BCUT2D eigenvalue weighted by molar-refractivity contribution is -0.129. The van der Waals surface area contributed by atoms with E-state index in [1.807, 2.05) is 18.2 Å². The monoisotopic (exact) mass is 423 g/mol. The van der Waals surface area contributed by atoms with Crippen LogP contribution in [0.4, 0.5) is 23.1 Å². The summed E-state index contributed by atoms with van der Waals surface area (Å²) < 4.78 is 11.5. The summed E-state index contributed by atoms with van der Waals surface area (Å²) in [6.45, 7) is 5.34. The molecule has 1 amide bonds. The van der Waals surface area contributed by atoms with Crippen LogP contribution in [-0.2, 0) is 4.79 Å². The van der Waals surface area contributed by atoms with Crippen molar-refractivity contribution in [2.75, 3.05) is 35.2 Å². The number of aliphatic hydroxyl groups excluding tert-OH is 1. The molecule has 0 bridgehead atoms. The van der Waals surface area contributed by atoms with Crippen LogP contribution >= 0.6 is 0 Å². The highest BCUT2D eigenvalue weighted by molar-refractivity contribution is 6.00. The number of benzene rings is 1. The fourth-order valence-corrected chi connectivity index (χ4v) is 4.08. The van der Waals surface area contributed by atoms with E-state index in [1.165, 1.54) is 0 Å². The number of furan rings is 1. The highest BCUT2D eigenvalue weighted by Crippen LogP contribution is 2.37. The van der Waals surface area contributed by atoms with Crippen molar-refractivity contribution in [3.05, 3.63) is 30.5 Å². The zero-order valence-electron chi connectivity index (χ0n) is 17.5. The van der Waals surface area contributed by atoms with Crippen LogP contribution in [0.3, 0.4) is 0 Å². The Hall–Kier alpha value is -3.33. The number of amides is 1. The highest BCUT2D eigenvalue weighted by Gasteiger charge is 2.35. The molecule has 162 valence electrons. The molecule has 1 unspecified atom stereocenters. The smallest absolute Gasteiger partial charge is 0.268 e. The number of carbonyl (C=O) groups is 1. The van der Waals surface area contributed by atoms with Gasteiger partial charge in [0.25, 0.3) is 5.91 Å². The van der Waals surface area contributed by atoms with Crippen LogP contribution < -0.4 is 20.3 Å². The van der Waals surface area contributed by atoms with Gasteiger partial charge in [0.1, 0.15) is 11.3 Å². The third-order valence-corrected chi connectivity index (χ3v) is 5.80. The summed E-state index contributed by atoms with van der Waals surface area (Å²) in [6, 6.07) is 7.30. The van der Waals surface area contributed by atoms with Crippen molar-refractivity contribution in [1.82, 2.24) is 9.97 Å². The lowest BCUT2D eigenvalue weighted by Gasteiger charge is -2.31. The molecule has 0 spiro atoms. The van der Waals surface area contributed by atoms with Gasteiger partial charge in [0, 0.05) is 31.5 Å². The van der Waals surface area contributed by atoms with Gasteiger partial charge in [-0.2, -0.15) is 4.98 Å². The molecule has 31 heavy (non-hydrogen) atoms. The SMILES string of the molecule is CC1(C)Oc2ccc(Nc3nc(N4CCC(CCO)C4)c4occc4n3)cc2NC1=O. The largest absolute Gasteiger partial charge is 0.476 e. The molecule has 1 atom stereocenters. The van der Waals surface area contributed by atoms with E-state index >= 15 is 0 Å². The van der Waals surface area contributed by atoms with Gasteiger partial charge < -0.3 is 29.8 Å². The van der Waals surface area contributed by atoms with Crippen molar-refractivity contribution in [2.24, 2.45) is 5.92 Å². The summed E-state index contributed by atoms with van der Waals surface area (Å²) in [6.07, 6.45) is 3.41. The summed E-state index contributed by atoms with van der Waals surface area (Å²) in [5.41, 5.74) is 1.80. The maximum atomic E-state index is 12.2. The predicted octanol–water partition coefficient (Wildman–Crippen LogP) is 3.28. The first-order valence-corrected chi connectivity index (χ1v) is 10.5. The lowest BCUT2D eigenvalue weighted by Crippen LogP contribution is -2.45. The number of ether oxygens (including phenoxy) is 1. The highest BCUT2D eigenvalue weighted by atomic mass is 16.5. The Labute approximate surface area is 179 Å². The van der Waals surface area contributed by atoms with Crippen molar-refractivity contribution in [3.8, 4) is 5.75 Å². The Balaban J connectivity index is 1.43. The van der Waals surface area contributed by atoms with Crippen molar-refractivity contribution in [3.63, 3.8) is 0 Å². The summed E-state index contributed by atoms with van der Waals surface area (Å²) in [7, 11) is 0. The minimum Gasteiger partial charge on any atom is -0.476 e. The van der Waals surface area contributed by atoms with E-state index in [2.05, 4.69) is 20.5 Å². The van der Waals surface area contributed by atoms with Crippen LogP contribution in [-0.4, -0.2) is 46.3 Å². The second kappa shape index (κ2) is 7.42. The molecular formula is C22H25N5O4. The van der Waals surface area contributed by atoms with Gasteiger partial charge in [0.15, 0.2) is 17.0 Å². The van der Waals surface area contributed by atoms with Crippen LogP contribution in [0, 0.1) is 5.92 Å². The van der Waals surface area contributed by atoms with Gasteiger partial charge in [-0.15, -0.1) is 0 Å². The van der Waals surface area contributed by atoms with Crippen molar-refractivity contribution < 1.29 is 19.1 Å². The first-order valence-electron chi connectivity index (χ1n) is 10.5. The Morgan fingerprint density at radius 2 is 2.19 bits per heavy atom. The van der Waals surface area contributed by atoms with Crippen LogP contribution in [0.2, 0.25) is 0 Å². The standard InChI is InChI=1S/C22H25N5O4/c1-22(2)20(29)24-16-11-14(3-4-17(16)31-22)23-21-25-15-7-10-30-18(15)19(26-21)27-8-5-13(12-27)6-9-28/h3-4,7,10-11,13,28H,5-6,8-9,12H2,1-2H3,(H,24,29)(H,23,25,26). The maximum Gasteiger partial charge on any atom is 0.268 e. The zero-order valence-corrected chi connectivity index (χ0v) is 17.5. The van der Waals surface area contributed by atoms with Gasteiger partial charge in [-0.05, 0) is 50.8 Å². The van der Waals surface area contributed by atoms with Crippen LogP contribution in [0.15, 0.2) is 34.9 Å². The molecule has 1 saturated heterocycles. The summed E-state index contributed by atoms with van der Waals surface area (Å²) in [5, 5.41) is 15.4. The molecule has 9 heteroatoms. The molecule has 3 N–H and O–H groups in total. The van der Waals surface area contributed by atoms with Crippen LogP contribution in [0.25, 0.3) is 11.1 Å². The Kier molecular flexibility index (Phi) is 4.70. The number of nitrogens with zero attached hydrogens (tertiary/aromatic N) is 3. The molecule has 4 heterocycles. The number of hydrogen-bond donors (Lipinski definition) is 3. The molecule has 2 aliphatic heterocycles. The number of aliphatic hydroxyl groups is 1. The number of rotatable bonds is 5. The van der Waals surface area contributed by atoms with E-state index in [1.54, 1.807) is 26.2 Å². The molecule has 1 aromatic carbocycles. The number of anilines is 4. The number of aromatic nitrogens is 2. The van der Waals surface area contributed by atoms with E-state index in [-0.39, 0.29) is 12.5 Å². The van der Waals surface area contributed by atoms with Crippen molar-refractivity contribution >= 4 is 40.1 Å². The molecule has 0 aliphatic carbocycles. The molecule has 0 saturated carbocycles. The van der Waals surface area contributed by atoms with E-state index in [0.29, 0.717) is 28.9 Å². The minimum absolute atomic E-state index is 0.193. The van der Waals surface area contributed by atoms with Gasteiger partial charge in [0.05, 0.1) is 12.0 Å². The minimum atomic E-state index is -0.907. The zero-order chi connectivity index (χ0) is 21.6. The van der Waals surface area contributed by atoms with Crippen molar-refractivity contribution in [2.45, 2.75) is 32.3 Å². The first kappa shape index (κ1) is 19.6. The second-order valence-electron chi connectivity index (χ2n) is 8.52. The van der Waals surface area contributed by atoms with Crippen LogP contribution in [0.5, 0.6) is 5.75 Å². The third-order valence-electron chi connectivity index (χ3n) is 5.80. The summed E-state index contributed by atoms with van der Waals surface area (Å²) in [4.78, 5) is 23.7. The van der Waals surface area contributed by atoms with Crippen molar-refractivity contribution in [1.29, 1.82) is 0 Å². The average Bonchev–Trinajstić information content (AvgIpc) is 3.38. The van der Waals surface area contributed by atoms with E-state index in [9.17, 15) is 9.90 Å². The van der Waals surface area contributed by atoms with Gasteiger partial charge in [0.2, 0.25) is 5.95 Å². The molecule has 2 aliphatic rings. The van der Waals surface area contributed by atoms with E-state index in [0.717, 1.165) is 43.0 Å². The first-order chi connectivity index (χ1) is 14.9. The van der Waals surface area contributed by atoms with Gasteiger partial charge >= 0.3 is 0 Å². The van der Waals surface area contributed by atoms with Gasteiger partial charge in [-0.1, -0.05) is 0 Å². The normalized spacial score (nSPS) is 19.8. The number of hydrogen-bond acceptors (Lipinski definition) is 8. The molecule has 2 aromatic heterocycles. The molecule has 3 aromatic rings. The molecule has 1 fully saturated rings. The molecular weight excluding hydrogens is 398 g/mol. The molecule has 5 rings (SSSR count). The lowest BCUT2D eigenvalue weighted by atomic mass is 10.1. The van der Waals surface area contributed by atoms with Gasteiger partial charge in [-0.3, -0.25) is 4.79 Å². The maximum absolute atomic E-state index is 12.2. The topological polar surface area (TPSA) is 113 Å². The number of carbonyl (C=O) groups excluding carboxylic acids is 1. The average molecular weight is 423 g/mol. The van der Waals surface area contributed by atoms with E-state index < -0.39 is 5.60 Å². The summed E-state index contributed by atoms with van der Waals surface area (Å²) in [5.74, 6) is 2.05. The number of fused-ring (bicyclic) bond motifs is 2. The third kappa shape index (κ3) is 3.65. The fraction of sp³-hybridized carbons (Fsp3) is 0.409. The predicted molar refractivity (Wildman–Crippen MR) is 117 cm³/mol. The van der Waals surface area contributed by atoms with Gasteiger partial charge in [-0.25, -0.2) is 4.98 Å². The van der Waals surface area contributed by atoms with E-state index in [4.69, 9.17) is 14.1 Å². The summed E-state index contributed by atoms with van der Waals surface area (Å²) >= 11 is 0. The Morgan fingerprint density at radius 3 is 3.03 bits per heavy atom.